The third kappa shape index (κ3) is 4.03. The fourth-order valence-corrected chi connectivity index (χ4v) is 2.63. The third-order valence-electron chi connectivity index (χ3n) is 2.96. The molecular weight excluding hydrogens is 292 g/mol. The lowest BCUT2D eigenvalue weighted by molar-refractivity contribution is -0.133. The van der Waals surface area contributed by atoms with Gasteiger partial charge in [-0.25, -0.2) is 0 Å². The first-order valence-corrected chi connectivity index (χ1v) is 7.70. The highest BCUT2D eigenvalue weighted by Crippen LogP contribution is 2.18. The quantitative estimate of drug-likeness (QED) is 0.719. The molecule has 0 atom stereocenters. The number of aromatic nitrogens is 6. The summed E-state index contributed by atoms with van der Waals surface area (Å²) in [6, 6.07) is 0. The first kappa shape index (κ1) is 15.5. The molecule has 114 valence electrons. The lowest BCUT2D eigenvalue weighted by Crippen LogP contribution is -2.11. The minimum Gasteiger partial charge on any atom is -0.481 e. The van der Waals surface area contributed by atoms with Crippen molar-refractivity contribution in [2.75, 3.05) is 5.75 Å². The zero-order valence-electron chi connectivity index (χ0n) is 12.1. The minimum absolute atomic E-state index is 0.0196. The number of aliphatic carboxylic acids is 1. The second kappa shape index (κ2) is 7.21. The molecule has 0 saturated carbocycles. The molecule has 2 aromatic heterocycles. The van der Waals surface area contributed by atoms with Crippen molar-refractivity contribution in [3.8, 4) is 0 Å². The summed E-state index contributed by atoms with van der Waals surface area (Å²) in [5, 5.41) is 25.6. The summed E-state index contributed by atoms with van der Waals surface area (Å²) in [4.78, 5) is 10.7. The number of rotatable bonds is 8. The van der Waals surface area contributed by atoms with Gasteiger partial charge in [-0.2, -0.15) is 0 Å². The van der Waals surface area contributed by atoms with Crippen LogP contribution in [0.15, 0.2) is 11.5 Å². The molecule has 2 heterocycles. The molecule has 0 spiro atoms. The number of nitrogens with zero attached hydrogens (tertiary/aromatic N) is 6. The van der Waals surface area contributed by atoms with Crippen LogP contribution in [-0.2, 0) is 31.2 Å². The van der Waals surface area contributed by atoms with Crippen LogP contribution in [0.5, 0.6) is 0 Å². The van der Waals surface area contributed by atoms with Crippen LogP contribution in [0, 0.1) is 0 Å². The summed E-state index contributed by atoms with van der Waals surface area (Å²) >= 11 is 1.19. The van der Waals surface area contributed by atoms with E-state index in [9.17, 15) is 4.79 Å². The van der Waals surface area contributed by atoms with Crippen LogP contribution in [-0.4, -0.2) is 46.4 Å². The van der Waals surface area contributed by atoms with Crippen LogP contribution in [0.25, 0.3) is 0 Å². The van der Waals surface area contributed by atoms with Crippen LogP contribution >= 0.6 is 11.8 Å². The Hall–Kier alpha value is -1.90. The standard InChI is InChI=1S/C12H18N6O2S/c1-3-4-10-15-16-12(21-7-11(19)20)18(10)6-5-9-14-13-8-17(9)2/h8H,3-7H2,1-2H3,(H,19,20). The maximum Gasteiger partial charge on any atom is 0.313 e. The molecule has 0 amide bonds. The van der Waals surface area contributed by atoms with Crippen LogP contribution in [0.1, 0.15) is 25.0 Å². The number of carboxylic acid groups (broad SMARTS) is 1. The van der Waals surface area contributed by atoms with Crippen LogP contribution < -0.4 is 0 Å². The average molecular weight is 310 g/mol. The van der Waals surface area contributed by atoms with E-state index in [0.29, 0.717) is 18.1 Å². The SMILES string of the molecule is CCCc1nnc(SCC(=O)O)n1CCc1nncn1C. The zero-order chi connectivity index (χ0) is 15.2. The van der Waals surface area contributed by atoms with Crippen molar-refractivity contribution in [2.45, 2.75) is 37.9 Å². The van der Waals surface area contributed by atoms with E-state index in [2.05, 4.69) is 27.3 Å². The molecule has 0 aliphatic rings. The second-order valence-corrected chi connectivity index (χ2v) is 5.53. The zero-order valence-corrected chi connectivity index (χ0v) is 12.9. The fraction of sp³-hybridized carbons (Fsp3) is 0.583. The van der Waals surface area contributed by atoms with Crippen molar-refractivity contribution in [3.05, 3.63) is 18.0 Å². The van der Waals surface area contributed by atoms with Gasteiger partial charge in [0.15, 0.2) is 5.16 Å². The smallest absolute Gasteiger partial charge is 0.313 e. The van der Waals surface area contributed by atoms with Crippen LogP contribution in [0.2, 0.25) is 0 Å². The van der Waals surface area contributed by atoms with E-state index in [-0.39, 0.29) is 5.75 Å². The van der Waals surface area contributed by atoms with Gasteiger partial charge in [0, 0.05) is 26.4 Å². The van der Waals surface area contributed by atoms with Gasteiger partial charge in [0.1, 0.15) is 18.0 Å². The molecule has 0 fully saturated rings. The molecule has 0 aliphatic heterocycles. The molecule has 2 rings (SSSR count). The first-order valence-electron chi connectivity index (χ1n) is 6.71. The third-order valence-corrected chi connectivity index (χ3v) is 3.91. The largest absolute Gasteiger partial charge is 0.481 e. The lowest BCUT2D eigenvalue weighted by atomic mass is 10.3. The van der Waals surface area contributed by atoms with Gasteiger partial charge in [-0.15, -0.1) is 20.4 Å². The predicted octanol–water partition coefficient (Wildman–Crippen LogP) is 0.778. The summed E-state index contributed by atoms with van der Waals surface area (Å²) in [5.41, 5.74) is 0. The Balaban J connectivity index is 2.11. The molecule has 2 aromatic rings. The molecule has 0 saturated heterocycles. The molecule has 1 N–H and O–H groups in total. The number of carbonyl (C=O) groups is 1. The average Bonchev–Trinajstić information content (AvgIpc) is 3.01. The Labute approximate surface area is 126 Å². The summed E-state index contributed by atoms with van der Waals surface area (Å²) in [5.74, 6) is 0.876. The van der Waals surface area contributed by atoms with Crippen molar-refractivity contribution < 1.29 is 9.90 Å². The molecule has 0 radical (unpaired) electrons. The van der Waals surface area contributed by atoms with E-state index >= 15 is 0 Å². The van der Waals surface area contributed by atoms with Crippen LogP contribution in [0.3, 0.4) is 0 Å². The molecule has 0 aliphatic carbocycles. The lowest BCUT2D eigenvalue weighted by Gasteiger charge is -2.08. The van der Waals surface area contributed by atoms with E-state index in [4.69, 9.17) is 5.11 Å². The topological polar surface area (TPSA) is 98.7 Å². The van der Waals surface area contributed by atoms with E-state index in [0.717, 1.165) is 24.5 Å². The fourth-order valence-electron chi connectivity index (χ4n) is 1.93. The minimum atomic E-state index is -0.861. The Bertz CT molecular complexity index is 609. The summed E-state index contributed by atoms with van der Waals surface area (Å²) < 4.78 is 3.85. The van der Waals surface area contributed by atoms with Gasteiger partial charge in [0.25, 0.3) is 0 Å². The maximum atomic E-state index is 10.7. The van der Waals surface area contributed by atoms with Gasteiger partial charge in [0.2, 0.25) is 0 Å². The van der Waals surface area contributed by atoms with Crippen molar-refractivity contribution in [2.24, 2.45) is 7.05 Å². The Morgan fingerprint density at radius 1 is 1.29 bits per heavy atom. The molecule has 0 bridgehead atoms. The molecule has 21 heavy (non-hydrogen) atoms. The van der Waals surface area contributed by atoms with Gasteiger partial charge in [-0.1, -0.05) is 18.7 Å². The van der Waals surface area contributed by atoms with Crippen LogP contribution in [0.4, 0.5) is 0 Å². The highest BCUT2D eigenvalue weighted by molar-refractivity contribution is 7.99. The number of hydrogen-bond acceptors (Lipinski definition) is 6. The molecule has 8 nitrogen and oxygen atoms in total. The van der Waals surface area contributed by atoms with Crippen molar-refractivity contribution in [3.63, 3.8) is 0 Å². The number of hydrogen-bond donors (Lipinski definition) is 1. The van der Waals surface area contributed by atoms with E-state index in [1.54, 1.807) is 6.33 Å². The molecule has 9 heteroatoms. The maximum absolute atomic E-state index is 10.7. The van der Waals surface area contributed by atoms with Gasteiger partial charge >= 0.3 is 5.97 Å². The summed E-state index contributed by atoms with van der Waals surface area (Å²) in [7, 11) is 1.90. The molecule has 0 aromatic carbocycles. The Morgan fingerprint density at radius 3 is 2.71 bits per heavy atom. The second-order valence-electron chi connectivity index (χ2n) is 4.59. The van der Waals surface area contributed by atoms with Gasteiger partial charge in [-0.05, 0) is 6.42 Å². The van der Waals surface area contributed by atoms with Crippen molar-refractivity contribution in [1.29, 1.82) is 0 Å². The monoisotopic (exact) mass is 310 g/mol. The number of thioether (sulfide) groups is 1. The Morgan fingerprint density at radius 2 is 2.10 bits per heavy atom. The molecule has 0 unspecified atom stereocenters. The Kier molecular flexibility index (Phi) is 5.32. The molecular formula is C12H18N6O2S. The van der Waals surface area contributed by atoms with E-state index in [1.165, 1.54) is 11.8 Å². The normalized spacial score (nSPS) is 11.0. The van der Waals surface area contributed by atoms with E-state index in [1.807, 2.05) is 16.2 Å². The van der Waals surface area contributed by atoms with Gasteiger partial charge in [-0.3, -0.25) is 4.79 Å². The highest BCUT2D eigenvalue weighted by Gasteiger charge is 2.14. The predicted molar refractivity (Wildman–Crippen MR) is 77.1 cm³/mol. The van der Waals surface area contributed by atoms with Crippen molar-refractivity contribution >= 4 is 17.7 Å². The number of aryl methyl sites for hydroxylation is 3. The summed E-state index contributed by atoms with van der Waals surface area (Å²) in [6.45, 7) is 2.74. The van der Waals surface area contributed by atoms with E-state index < -0.39 is 5.97 Å². The summed E-state index contributed by atoms with van der Waals surface area (Å²) in [6.07, 6.45) is 4.14. The van der Waals surface area contributed by atoms with Crippen molar-refractivity contribution in [1.82, 2.24) is 29.5 Å². The van der Waals surface area contributed by atoms with Gasteiger partial charge in [0.05, 0.1) is 5.75 Å². The highest BCUT2D eigenvalue weighted by atomic mass is 32.2. The number of carboxylic acids is 1. The first-order chi connectivity index (χ1) is 10.1. The van der Waals surface area contributed by atoms with Gasteiger partial charge < -0.3 is 14.2 Å².